The number of nitrogens with zero attached hydrogens (tertiary/aromatic N) is 2. The Bertz CT molecular complexity index is 1670. The third-order valence-electron chi connectivity index (χ3n) is 7.61. The van der Waals surface area contributed by atoms with Crippen LogP contribution in [0.2, 0.25) is 15.1 Å². The van der Waals surface area contributed by atoms with E-state index < -0.39 is 0 Å². The van der Waals surface area contributed by atoms with Crippen LogP contribution in [0.4, 0.5) is 0 Å². The molecule has 2 aliphatic carbocycles. The first-order chi connectivity index (χ1) is 18.5. The van der Waals surface area contributed by atoms with Gasteiger partial charge >= 0.3 is 0 Å². The first-order valence-electron chi connectivity index (χ1n) is 12.7. The zero-order chi connectivity index (χ0) is 26.0. The van der Waals surface area contributed by atoms with Crippen molar-refractivity contribution in [1.82, 2.24) is 10.3 Å². The maximum atomic E-state index is 6.77. The lowest BCUT2D eigenvalue weighted by Crippen LogP contribution is -2.00. The SMILES string of the molecule is Cc1noc2ccc(C3CC3c3ccc(OCc4c(-c5c(Cl)cccc5Cl)noc4C4CC4)cc3Cl)cc12. The van der Waals surface area contributed by atoms with Crippen molar-refractivity contribution in [1.29, 1.82) is 0 Å². The summed E-state index contributed by atoms with van der Waals surface area (Å²) in [7, 11) is 0. The molecule has 0 radical (unpaired) electrons. The number of fused-ring (bicyclic) bond motifs is 1. The van der Waals surface area contributed by atoms with E-state index in [0.29, 0.717) is 49.8 Å². The van der Waals surface area contributed by atoms with E-state index in [1.807, 2.05) is 31.2 Å². The summed E-state index contributed by atoms with van der Waals surface area (Å²) in [6.07, 6.45) is 3.21. The van der Waals surface area contributed by atoms with E-state index >= 15 is 0 Å². The number of benzene rings is 3. The Kier molecular flexibility index (Phi) is 5.91. The van der Waals surface area contributed by atoms with Gasteiger partial charge in [-0.05, 0) is 85.5 Å². The summed E-state index contributed by atoms with van der Waals surface area (Å²) in [4.78, 5) is 0. The fourth-order valence-electron chi connectivity index (χ4n) is 5.32. The molecular weight excluding hydrogens is 543 g/mol. The summed E-state index contributed by atoms with van der Waals surface area (Å²) in [5.41, 5.74) is 6.33. The van der Waals surface area contributed by atoms with Crippen molar-refractivity contribution >= 4 is 45.8 Å². The number of hydrogen-bond donors (Lipinski definition) is 0. The molecule has 8 heteroatoms. The van der Waals surface area contributed by atoms with Crippen LogP contribution < -0.4 is 4.74 Å². The summed E-state index contributed by atoms with van der Waals surface area (Å²) in [5.74, 6) is 2.70. The van der Waals surface area contributed by atoms with Crippen molar-refractivity contribution in [2.75, 3.05) is 0 Å². The van der Waals surface area contributed by atoms with Crippen molar-refractivity contribution in [3.8, 4) is 17.0 Å². The topological polar surface area (TPSA) is 61.3 Å². The van der Waals surface area contributed by atoms with Crippen molar-refractivity contribution in [2.24, 2.45) is 0 Å². The first kappa shape index (κ1) is 24.1. The fourth-order valence-corrected chi connectivity index (χ4v) is 6.20. The Morgan fingerprint density at radius 1 is 0.895 bits per heavy atom. The normalized spacial score (nSPS) is 18.7. The van der Waals surface area contributed by atoms with Crippen LogP contribution in [-0.4, -0.2) is 10.3 Å². The van der Waals surface area contributed by atoms with Crippen LogP contribution in [0.5, 0.6) is 5.75 Å². The van der Waals surface area contributed by atoms with Gasteiger partial charge in [-0.25, -0.2) is 0 Å². The maximum Gasteiger partial charge on any atom is 0.167 e. The van der Waals surface area contributed by atoms with Gasteiger partial charge in [0.25, 0.3) is 0 Å². The molecule has 2 saturated carbocycles. The molecule has 2 aliphatic rings. The number of aryl methyl sites for hydroxylation is 1. The second-order valence-corrected chi connectivity index (χ2v) is 11.4. The van der Waals surface area contributed by atoms with Crippen LogP contribution in [0.25, 0.3) is 22.2 Å². The van der Waals surface area contributed by atoms with Gasteiger partial charge in [0.1, 0.15) is 23.8 Å². The minimum atomic E-state index is 0.284. The molecule has 0 bridgehead atoms. The number of rotatable bonds is 7. The molecule has 192 valence electrons. The van der Waals surface area contributed by atoms with Crippen LogP contribution >= 0.6 is 34.8 Å². The third-order valence-corrected chi connectivity index (χ3v) is 8.57. The van der Waals surface area contributed by atoms with Gasteiger partial charge in [0, 0.05) is 21.9 Å². The summed E-state index contributed by atoms with van der Waals surface area (Å²) >= 11 is 19.7. The molecule has 0 aliphatic heterocycles. The number of aromatic nitrogens is 2. The lowest BCUT2D eigenvalue weighted by atomic mass is 10.0. The van der Waals surface area contributed by atoms with Crippen molar-refractivity contribution in [2.45, 2.75) is 50.5 Å². The highest BCUT2D eigenvalue weighted by Crippen LogP contribution is 2.56. The van der Waals surface area contributed by atoms with Crippen LogP contribution in [0.3, 0.4) is 0 Å². The Morgan fingerprint density at radius 3 is 2.47 bits per heavy atom. The fraction of sp³-hybridized carbons (Fsp3) is 0.267. The van der Waals surface area contributed by atoms with Gasteiger partial charge in [0.2, 0.25) is 0 Å². The summed E-state index contributed by atoms with van der Waals surface area (Å²) < 4.78 is 17.3. The van der Waals surface area contributed by atoms with Crippen molar-refractivity contribution in [3.63, 3.8) is 0 Å². The summed E-state index contributed by atoms with van der Waals surface area (Å²) in [6, 6.07) is 17.7. The van der Waals surface area contributed by atoms with Gasteiger partial charge in [-0.1, -0.05) is 63.3 Å². The minimum Gasteiger partial charge on any atom is -0.489 e. The smallest absolute Gasteiger partial charge is 0.167 e. The number of halogens is 3. The van der Waals surface area contributed by atoms with Gasteiger partial charge in [0.05, 0.1) is 21.3 Å². The zero-order valence-electron chi connectivity index (χ0n) is 20.5. The van der Waals surface area contributed by atoms with Crippen LogP contribution in [0.15, 0.2) is 63.6 Å². The van der Waals surface area contributed by atoms with E-state index in [9.17, 15) is 0 Å². The summed E-state index contributed by atoms with van der Waals surface area (Å²) in [5, 5.41) is 11.2. The van der Waals surface area contributed by atoms with Gasteiger partial charge in [-0.3, -0.25) is 0 Å². The average molecular weight is 566 g/mol. The third kappa shape index (κ3) is 4.27. The molecule has 2 heterocycles. The van der Waals surface area contributed by atoms with Crippen molar-refractivity contribution in [3.05, 3.63) is 97.8 Å². The van der Waals surface area contributed by atoms with Gasteiger partial charge in [-0.2, -0.15) is 0 Å². The van der Waals surface area contributed by atoms with E-state index in [0.717, 1.165) is 52.8 Å². The number of ether oxygens (including phenoxy) is 1. The average Bonchev–Trinajstić information content (AvgIpc) is 3.83. The molecule has 2 atom stereocenters. The molecule has 5 nitrogen and oxygen atoms in total. The molecule has 0 spiro atoms. The Labute approximate surface area is 234 Å². The van der Waals surface area contributed by atoms with Gasteiger partial charge in [-0.15, -0.1) is 0 Å². The highest BCUT2D eigenvalue weighted by atomic mass is 35.5. The quantitative estimate of drug-likeness (QED) is 0.197. The zero-order valence-corrected chi connectivity index (χ0v) is 22.8. The lowest BCUT2D eigenvalue weighted by molar-refractivity contribution is 0.300. The number of hydrogen-bond acceptors (Lipinski definition) is 5. The van der Waals surface area contributed by atoms with Crippen LogP contribution in [0.1, 0.15) is 65.2 Å². The van der Waals surface area contributed by atoms with E-state index in [-0.39, 0.29) is 6.61 Å². The molecular formula is C30H23Cl3N2O3. The van der Waals surface area contributed by atoms with E-state index in [1.54, 1.807) is 12.1 Å². The highest BCUT2D eigenvalue weighted by Gasteiger charge is 2.41. The van der Waals surface area contributed by atoms with Gasteiger partial charge in [0.15, 0.2) is 5.58 Å². The molecule has 38 heavy (non-hydrogen) atoms. The Morgan fingerprint density at radius 2 is 1.71 bits per heavy atom. The van der Waals surface area contributed by atoms with Crippen LogP contribution in [0, 0.1) is 6.92 Å². The molecule has 0 saturated heterocycles. The van der Waals surface area contributed by atoms with E-state index in [2.05, 4.69) is 28.5 Å². The monoisotopic (exact) mass is 564 g/mol. The van der Waals surface area contributed by atoms with Crippen molar-refractivity contribution < 1.29 is 13.8 Å². The summed E-state index contributed by atoms with van der Waals surface area (Å²) in [6.45, 7) is 2.25. The Balaban J connectivity index is 1.11. The predicted molar refractivity (Wildman–Crippen MR) is 149 cm³/mol. The maximum absolute atomic E-state index is 6.77. The molecule has 5 aromatic rings. The van der Waals surface area contributed by atoms with E-state index in [1.165, 1.54) is 5.56 Å². The molecule has 3 aromatic carbocycles. The second-order valence-electron chi connectivity index (χ2n) is 10.2. The molecule has 7 rings (SSSR count). The molecule has 0 amide bonds. The minimum absolute atomic E-state index is 0.284. The standard InChI is InChI=1S/C30H23Cl3N2O3/c1-15-20-11-17(7-10-27(20)37-34-15)21-13-22(21)19-9-8-18(12-26(19)33)36-14-23-29(35-38-30(23)16-5-6-16)28-24(31)3-2-4-25(28)32/h2-4,7-12,16,21-22H,5-6,13-14H2,1H3. The lowest BCUT2D eigenvalue weighted by Gasteiger charge is -2.11. The molecule has 2 aromatic heterocycles. The Hall–Kier alpha value is -2.99. The van der Waals surface area contributed by atoms with Crippen LogP contribution in [-0.2, 0) is 6.61 Å². The molecule has 0 N–H and O–H groups in total. The molecule has 2 fully saturated rings. The second kappa shape index (κ2) is 9.33. The molecule has 2 unspecified atom stereocenters. The highest BCUT2D eigenvalue weighted by molar-refractivity contribution is 6.39. The predicted octanol–water partition coefficient (Wildman–Crippen LogP) is 9.48. The van der Waals surface area contributed by atoms with Gasteiger partial charge < -0.3 is 13.8 Å². The largest absolute Gasteiger partial charge is 0.489 e. The first-order valence-corrected chi connectivity index (χ1v) is 13.8. The van der Waals surface area contributed by atoms with E-state index in [4.69, 9.17) is 48.6 Å².